The van der Waals surface area contributed by atoms with Gasteiger partial charge in [0.15, 0.2) is 0 Å². The van der Waals surface area contributed by atoms with Gasteiger partial charge in [0.25, 0.3) is 5.91 Å². The van der Waals surface area contributed by atoms with Crippen LogP contribution in [-0.4, -0.2) is 76.8 Å². The molecule has 0 saturated heterocycles. The average molecular weight is 647 g/mol. The smallest absolute Gasteiger partial charge is 0.323 e. The molecule has 252 valence electrons. The van der Waals surface area contributed by atoms with Crippen LogP contribution < -0.4 is 21.7 Å². The van der Waals surface area contributed by atoms with Gasteiger partial charge in [0.1, 0.15) is 30.2 Å². The zero-order chi connectivity index (χ0) is 33.9. The van der Waals surface area contributed by atoms with E-state index in [1.807, 2.05) is 50.6 Å². The minimum Gasteiger partial charge on any atom is -0.462 e. The third kappa shape index (κ3) is 9.49. The molecule has 5 N–H and O–H groups in total. The number of carbonyl (C=O) groups is 3. The first-order valence-corrected chi connectivity index (χ1v) is 16.3. The van der Waals surface area contributed by atoms with Crippen LogP contribution in [0.4, 0.5) is 5.69 Å². The number of carbonyl (C=O) groups excluding carboxylic acids is 3. The molecule has 0 aliphatic heterocycles. The molecule has 0 radical (unpaired) electrons. The maximum Gasteiger partial charge on any atom is 0.323 e. The Labute approximate surface area is 275 Å². The van der Waals surface area contributed by atoms with Crippen molar-refractivity contribution in [3.63, 3.8) is 0 Å². The highest BCUT2D eigenvalue weighted by molar-refractivity contribution is 6.00. The van der Waals surface area contributed by atoms with Crippen LogP contribution in [0, 0.1) is 23.2 Å². The molecule has 13 heteroatoms. The van der Waals surface area contributed by atoms with Gasteiger partial charge in [-0.25, -0.2) is 9.97 Å². The van der Waals surface area contributed by atoms with Crippen molar-refractivity contribution in [2.24, 2.45) is 17.6 Å². The zero-order valence-corrected chi connectivity index (χ0v) is 27.6. The van der Waals surface area contributed by atoms with Gasteiger partial charge in [-0.2, -0.15) is 5.26 Å². The Morgan fingerprint density at radius 1 is 1.09 bits per heavy atom. The Kier molecular flexibility index (Phi) is 12.7. The van der Waals surface area contributed by atoms with E-state index in [0.29, 0.717) is 67.1 Å². The predicted octanol–water partition coefficient (Wildman–Crippen LogP) is 3.45. The van der Waals surface area contributed by atoms with Crippen LogP contribution >= 0.6 is 0 Å². The van der Waals surface area contributed by atoms with Gasteiger partial charge < -0.3 is 31.2 Å². The summed E-state index contributed by atoms with van der Waals surface area (Å²) >= 11 is 0. The van der Waals surface area contributed by atoms with E-state index in [9.17, 15) is 19.6 Å². The molecule has 4 rings (SSSR count). The Morgan fingerprint density at radius 2 is 1.85 bits per heavy atom. The summed E-state index contributed by atoms with van der Waals surface area (Å²) in [5, 5.41) is 19.4. The maximum atomic E-state index is 13.4. The summed E-state index contributed by atoms with van der Waals surface area (Å²) in [6.45, 7) is 8.90. The number of aromatic nitrogens is 3. The van der Waals surface area contributed by atoms with Crippen LogP contribution in [0.25, 0.3) is 16.9 Å². The van der Waals surface area contributed by atoms with E-state index in [1.165, 1.54) is 6.20 Å². The monoisotopic (exact) mass is 646 g/mol. The molecule has 3 aromatic heterocycles. The average Bonchev–Trinajstić information content (AvgIpc) is 3.50. The Bertz CT molecular complexity index is 1570. The Morgan fingerprint density at radius 3 is 2.55 bits per heavy atom. The van der Waals surface area contributed by atoms with E-state index in [0.717, 1.165) is 11.8 Å². The summed E-state index contributed by atoms with van der Waals surface area (Å²) in [6, 6.07) is 6.97. The number of hydrogen-bond donors (Lipinski definition) is 4. The van der Waals surface area contributed by atoms with Gasteiger partial charge in [-0.1, -0.05) is 20.3 Å². The third-order valence-corrected chi connectivity index (χ3v) is 8.46. The molecule has 3 heterocycles. The van der Waals surface area contributed by atoms with Gasteiger partial charge in [-0.3, -0.25) is 19.0 Å². The van der Waals surface area contributed by atoms with Crippen molar-refractivity contribution in [3.05, 3.63) is 47.9 Å². The molecule has 1 fully saturated rings. The highest BCUT2D eigenvalue weighted by Gasteiger charge is 2.28. The number of amides is 2. The van der Waals surface area contributed by atoms with Crippen LogP contribution in [0.15, 0.2) is 36.8 Å². The minimum absolute atomic E-state index is 0.0246. The number of nitrogens with one attached hydrogen (secondary N) is 3. The molecule has 0 unspecified atom stereocenters. The molecule has 1 aliphatic rings. The SMILES string of the molecule is CC[C@H](C)[C@H](N)C(=O)OCCOCCNC(=O)C1CCC(NC(=O)c2cnc(-n3ccc4cc(C#N)cnc43)cc2NC(C)C)CC1. The first-order valence-electron chi connectivity index (χ1n) is 16.3. The largest absolute Gasteiger partial charge is 0.462 e. The third-order valence-electron chi connectivity index (χ3n) is 8.46. The number of hydrogen-bond acceptors (Lipinski definition) is 10. The topological polar surface area (TPSA) is 186 Å². The lowest BCUT2D eigenvalue weighted by molar-refractivity contribution is -0.148. The summed E-state index contributed by atoms with van der Waals surface area (Å²) in [4.78, 5) is 47.0. The summed E-state index contributed by atoms with van der Waals surface area (Å²) < 4.78 is 12.5. The second-order valence-electron chi connectivity index (χ2n) is 12.3. The number of pyridine rings is 2. The minimum atomic E-state index is -0.637. The fourth-order valence-corrected chi connectivity index (χ4v) is 5.50. The first kappa shape index (κ1) is 35.3. The maximum absolute atomic E-state index is 13.4. The number of anilines is 1. The quantitative estimate of drug-likeness (QED) is 0.141. The molecule has 1 saturated carbocycles. The second kappa shape index (κ2) is 16.9. The van der Waals surface area contributed by atoms with E-state index in [2.05, 4.69) is 32.0 Å². The fourth-order valence-electron chi connectivity index (χ4n) is 5.50. The molecule has 2 amide bonds. The number of nitrogens with zero attached hydrogens (tertiary/aromatic N) is 4. The van der Waals surface area contributed by atoms with Crippen LogP contribution in [0.1, 0.15) is 75.7 Å². The standard InChI is InChI=1S/C34H46N8O5/c1-5-22(4)30(36)34(45)47-15-14-46-13-11-37-32(43)24-6-8-26(9-7-24)41-33(44)27-20-38-29(17-28(27)40-21(2)3)42-12-10-25-16-23(18-35)19-39-31(25)42/h10,12,16-17,19-22,24,26,30H,5-9,11,13-15,36H2,1-4H3,(H,37,43)(H,38,40)(H,41,44)/t22-,24?,26?,30-/m0/s1. The van der Waals surface area contributed by atoms with Crippen LogP contribution in [0.3, 0.4) is 0 Å². The molecule has 47 heavy (non-hydrogen) atoms. The van der Waals surface area contributed by atoms with Crippen LogP contribution in [0.5, 0.6) is 0 Å². The van der Waals surface area contributed by atoms with Crippen molar-refractivity contribution in [1.82, 2.24) is 25.2 Å². The molecule has 3 aromatic rings. The van der Waals surface area contributed by atoms with Crippen LogP contribution in [0.2, 0.25) is 0 Å². The second-order valence-corrected chi connectivity index (χ2v) is 12.3. The fraction of sp³-hybridized carbons (Fsp3) is 0.529. The molecule has 0 bridgehead atoms. The summed E-state index contributed by atoms with van der Waals surface area (Å²) in [6.07, 6.45) is 8.44. The number of nitriles is 1. The lowest BCUT2D eigenvalue weighted by Crippen LogP contribution is -2.41. The molecule has 2 atom stereocenters. The number of esters is 1. The first-order chi connectivity index (χ1) is 22.6. The van der Waals surface area contributed by atoms with Crippen molar-refractivity contribution in [1.29, 1.82) is 5.26 Å². The van der Waals surface area contributed by atoms with E-state index in [1.54, 1.807) is 12.3 Å². The van der Waals surface area contributed by atoms with E-state index in [-0.39, 0.29) is 48.9 Å². The highest BCUT2D eigenvalue weighted by atomic mass is 16.6. The van der Waals surface area contributed by atoms with Gasteiger partial charge in [0, 0.05) is 54.6 Å². The zero-order valence-electron chi connectivity index (χ0n) is 27.6. The number of ether oxygens (including phenoxy) is 2. The predicted molar refractivity (Wildman–Crippen MR) is 178 cm³/mol. The van der Waals surface area contributed by atoms with Crippen molar-refractivity contribution in [2.75, 3.05) is 31.7 Å². The number of nitrogens with two attached hydrogens (primary N) is 1. The van der Waals surface area contributed by atoms with E-state index >= 15 is 0 Å². The van der Waals surface area contributed by atoms with Crippen molar-refractivity contribution in [3.8, 4) is 11.9 Å². The van der Waals surface area contributed by atoms with Crippen molar-refractivity contribution >= 4 is 34.5 Å². The van der Waals surface area contributed by atoms with Gasteiger partial charge in [-0.15, -0.1) is 0 Å². The summed E-state index contributed by atoms with van der Waals surface area (Å²) in [5.74, 6) is -0.153. The molecule has 0 spiro atoms. The summed E-state index contributed by atoms with van der Waals surface area (Å²) in [7, 11) is 0. The molecule has 1 aliphatic carbocycles. The Hall–Kier alpha value is -4.54. The molecular weight excluding hydrogens is 600 g/mol. The highest BCUT2D eigenvalue weighted by Crippen LogP contribution is 2.27. The van der Waals surface area contributed by atoms with Crippen molar-refractivity contribution in [2.45, 2.75) is 77.9 Å². The van der Waals surface area contributed by atoms with Gasteiger partial charge in [-0.05, 0) is 57.6 Å². The normalized spacial score (nSPS) is 17.5. The lowest BCUT2D eigenvalue weighted by Gasteiger charge is -2.28. The van der Waals surface area contributed by atoms with Gasteiger partial charge in [0.2, 0.25) is 5.91 Å². The molecular formula is C34H46N8O5. The molecule has 0 aromatic carbocycles. The molecule has 13 nitrogen and oxygen atoms in total. The number of fused-ring (bicyclic) bond motifs is 1. The summed E-state index contributed by atoms with van der Waals surface area (Å²) in [5.41, 5.74) is 8.10. The van der Waals surface area contributed by atoms with Gasteiger partial charge in [0.05, 0.1) is 30.0 Å². The van der Waals surface area contributed by atoms with E-state index in [4.69, 9.17) is 15.2 Å². The van der Waals surface area contributed by atoms with E-state index < -0.39 is 12.0 Å². The van der Waals surface area contributed by atoms with Gasteiger partial charge >= 0.3 is 5.97 Å². The Balaban J connectivity index is 1.23. The van der Waals surface area contributed by atoms with Crippen molar-refractivity contribution < 1.29 is 23.9 Å². The lowest BCUT2D eigenvalue weighted by atomic mass is 9.85. The van der Waals surface area contributed by atoms with Crippen LogP contribution in [-0.2, 0) is 19.1 Å². The number of rotatable bonds is 15.